The van der Waals surface area contributed by atoms with Crippen molar-refractivity contribution >= 4 is 23.3 Å². The summed E-state index contributed by atoms with van der Waals surface area (Å²) >= 11 is 0. The van der Waals surface area contributed by atoms with Crippen molar-refractivity contribution in [2.24, 2.45) is 0 Å². The second-order valence-corrected chi connectivity index (χ2v) is 6.51. The van der Waals surface area contributed by atoms with Crippen molar-refractivity contribution in [1.29, 1.82) is 0 Å². The summed E-state index contributed by atoms with van der Waals surface area (Å²) in [6, 6.07) is 10.6. The molecule has 2 aromatic carbocycles. The number of amides is 2. The first-order chi connectivity index (χ1) is 13.4. The number of anilines is 2. The third kappa shape index (κ3) is 3.13. The first-order valence-corrected chi connectivity index (χ1v) is 8.64. The third-order valence-corrected chi connectivity index (χ3v) is 4.63. The van der Waals surface area contributed by atoms with E-state index in [1.54, 1.807) is 25.1 Å². The number of para-hydroxylation sites is 1. The molecule has 0 aliphatic carbocycles. The van der Waals surface area contributed by atoms with E-state index in [9.17, 15) is 18.4 Å². The predicted octanol–water partition coefficient (Wildman–Crippen LogP) is 3.66. The number of carbonyl (C=O) groups excluding carboxylic acids is 2. The fourth-order valence-electron chi connectivity index (χ4n) is 3.20. The van der Waals surface area contributed by atoms with Crippen molar-refractivity contribution in [3.63, 3.8) is 0 Å². The molecule has 4 rings (SSSR count). The van der Waals surface area contributed by atoms with Crippen LogP contribution in [-0.4, -0.2) is 21.6 Å². The molecule has 2 heterocycles. The number of aromatic nitrogens is 2. The molecule has 142 valence electrons. The second-order valence-electron chi connectivity index (χ2n) is 6.51. The van der Waals surface area contributed by atoms with E-state index in [0.717, 1.165) is 0 Å². The highest BCUT2D eigenvalue weighted by molar-refractivity contribution is 6.02. The fraction of sp³-hybridized carbons (Fsp3) is 0.150. The molecule has 0 fully saturated rings. The predicted molar refractivity (Wildman–Crippen MR) is 99.7 cm³/mol. The number of nitrogens with zero attached hydrogens (tertiary/aromatic N) is 2. The van der Waals surface area contributed by atoms with Crippen molar-refractivity contribution in [3.05, 3.63) is 65.7 Å². The Morgan fingerprint density at radius 2 is 1.89 bits per heavy atom. The van der Waals surface area contributed by atoms with E-state index in [4.69, 9.17) is 0 Å². The van der Waals surface area contributed by atoms with Crippen LogP contribution in [0.15, 0.2) is 48.5 Å². The molecule has 2 N–H and O–H groups in total. The SMILES string of the molecule is Cc1c(-c2ccc(F)cc2)nn2c1NC(=O)CC2C(=O)Nc1ccccc1F. The molecular weight excluding hydrogens is 366 g/mol. The Bertz CT molecular complexity index is 1080. The Morgan fingerprint density at radius 1 is 1.18 bits per heavy atom. The number of carbonyl (C=O) groups is 2. The average molecular weight is 382 g/mol. The van der Waals surface area contributed by atoms with Crippen LogP contribution in [0.5, 0.6) is 0 Å². The van der Waals surface area contributed by atoms with Crippen LogP contribution in [0.3, 0.4) is 0 Å². The minimum absolute atomic E-state index is 0.0302. The van der Waals surface area contributed by atoms with Crippen LogP contribution in [-0.2, 0) is 9.59 Å². The average Bonchev–Trinajstić information content (AvgIpc) is 3.00. The summed E-state index contributed by atoms with van der Waals surface area (Å²) in [7, 11) is 0. The van der Waals surface area contributed by atoms with Gasteiger partial charge in [-0.3, -0.25) is 9.59 Å². The van der Waals surface area contributed by atoms with Crippen LogP contribution in [0.1, 0.15) is 18.0 Å². The van der Waals surface area contributed by atoms with Crippen molar-refractivity contribution < 1.29 is 18.4 Å². The van der Waals surface area contributed by atoms with Crippen molar-refractivity contribution in [3.8, 4) is 11.3 Å². The summed E-state index contributed by atoms with van der Waals surface area (Å²) in [6.07, 6.45) is -0.128. The van der Waals surface area contributed by atoms with E-state index in [1.165, 1.54) is 35.0 Å². The number of hydrogen-bond acceptors (Lipinski definition) is 3. The van der Waals surface area contributed by atoms with Crippen LogP contribution in [0, 0.1) is 18.6 Å². The highest BCUT2D eigenvalue weighted by Gasteiger charge is 2.34. The molecule has 0 radical (unpaired) electrons. The van der Waals surface area contributed by atoms with E-state index < -0.39 is 17.8 Å². The molecule has 0 spiro atoms. The molecule has 1 aromatic heterocycles. The zero-order valence-electron chi connectivity index (χ0n) is 14.9. The first kappa shape index (κ1) is 17.8. The van der Waals surface area contributed by atoms with E-state index in [2.05, 4.69) is 15.7 Å². The zero-order valence-corrected chi connectivity index (χ0v) is 14.9. The lowest BCUT2D eigenvalue weighted by molar-refractivity contribution is -0.125. The maximum Gasteiger partial charge on any atom is 0.249 e. The van der Waals surface area contributed by atoms with Crippen LogP contribution in [0.2, 0.25) is 0 Å². The summed E-state index contributed by atoms with van der Waals surface area (Å²) in [6.45, 7) is 1.76. The van der Waals surface area contributed by atoms with Gasteiger partial charge in [0.15, 0.2) is 0 Å². The van der Waals surface area contributed by atoms with E-state index >= 15 is 0 Å². The lowest BCUT2D eigenvalue weighted by Gasteiger charge is -2.24. The monoisotopic (exact) mass is 382 g/mol. The number of rotatable bonds is 3. The molecular formula is C20H16F2N4O2. The number of nitrogens with one attached hydrogen (secondary N) is 2. The highest BCUT2D eigenvalue weighted by Crippen LogP contribution is 2.34. The maximum atomic E-state index is 13.9. The van der Waals surface area contributed by atoms with E-state index in [0.29, 0.717) is 22.6 Å². The number of hydrogen-bond donors (Lipinski definition) is 2. The van der Waals surface area contributed by atoms with Gasteiger partial charge in [-0.05, 0) is 43.3 Å². The Kier molecular flexibility index (Phi) is 4.38. The van der Waals surface area contributed by atoms with Gasteiger partial charge in [0.05, 0.1) is 17.8 Å². The summed E-state index contributed by atoms with van der Waals surface area (Å²) in [5, 5.41) is 9.71. The Morgan fingerprint density at radius 3 is 2.61 bits per heavy atom. The molecule has 1 unspecified atom stereocenters. The lowest BCUT2D eigenvalue weighted by Crippen LogP contribution is -2.36. The number of halogens is 2. The second kappa shape index (κ2) is 6.88. The van der Waals surface area contributed by atoms with Gasteiger partial charge >= 0.3 is 0 Å². The molecule has 28 heavy (non-hydrogen) atoms. The Labute approximate surface area is 159 Å². The molecule has 2 amide bonds. The molecule has 0 bridgehead atoms. The molecule has 6 nitrogen and oxygen atoms in total. The quantitative estimate of drug-likeness (QED) is 0.726. The summed E-state index contributed by atoms with van der Waals surface area (Å²) in [5.74, 6) is -1.44. The Balaban J connectivity index is 1.71. The van der Waals surface area contributed by atoms with Crippen LogP contribution < -0.4 is 10.6 Å². The molecule has 0 saturated heterocycles. The van der Waals surface area contributed by atoms with Gasteiger partial charge in [0.1, 0.15) is 23.5 Å². The van der Waals surface area contributed by atoms with Gasteiger partial charge in [-0.1, -0.05) is 12.1 Å². The smallest absolute Gasteiger partial charge is 0.249 e. The summed E-state index contributed by atoms with van der Waals surface area (Å²) in [4.78, 5) is 24.9. The maximum absolute atomic E-state index is 13.9. The standard InChI is InChI=1S/C20H16F2N4O2/c1-11-18(12-6-8-13(21)9-7-12)25-26-16(10-17(27)24-19(11)26)20(28)23-15-5-3-2-4-14(15)22/h2-9,16H,10H2,1H3,(H,23,28)(H,24,27). The Hall–Kier alpha value is -3.55. The third-order valence-electron chi connectivity index (χ3n) is 4.63. The first-order valence-electron chi connectivity index (χ1n) is 8.64. The van der Waals surface area contributed by atoms with Gasteiger partial charge < -0.3 is 10.6 Å². The van der Waals surface area contributed by atoms with Gasteiger partial charge in [-0.2, -0.15) is 5.10 Å². The highest BCUT2D eigenvalue weighted by atomic mass is 19.1. The number of fused-ring (bicyclic) bond motifs is 1. The molecule has 1 aliphatic rings. The van der Waals surface area contributed by atoms with Crippen molar-refractivity contribution in [2.75, 3.05) is 10.6 Å². The van der Waals surface area contributed by atoms with Gasteiger partial charge in [0.2, 0.25) is 11.8 Å². The minimum atomic E-state index is -0.934. The van der Waals surface area contributed by atoms with Crippen LogP contribution in [0.25, 0.3) is 11.3 Å². The van der Waals surface area contributed by atoms with Gasteiger partial charge in [-0.25, -0.2) is 13.5 Å². The lowest BCUT2D eigenvalue weighted by atomic mass is 10.1. The van der Waals surface area contributed by atoms with Gasteiger partial charge in [0, 0.05) is 11.1 Å². The topological polar surface area (TPSA) is 76.0 Å². The molecule has 3 aromatic rings. The molecule has 1 aliphatic heterocycles. The van der Waals surface area contributed by atoms with E-state index in [-0.39, 0.29) is 23.8 Å². The largest absolute Gasteiger partial charge is 0.322 e. The minimum Gasteiger partial charge on any atom is -0.322 e. The molecule has 8 heteroatoms. The van der Waals surface area contributed by atoms with Crippen molar-refractivity contribution in [2.45, 2.75) is 19.4 Å². The molecule has 0 saturated carbocycles. The van der Waals surface area contributed by atoms with Crippen LogP contribution >= 0.6 is 0 Å². The van der Waals surface area contributed by atoms with E-state index in [1.807, 2.05) is 0 Å². The fourth-order valence-corrected chi connectivity index (χ4v) is 3.20. The summed E-state index contributed by atoms with van der Waals surface area (Å²) < 4.78 is 28.5. The summed E-state index contributed by atoms with van der Waals surface area (Å²) in [5.41, 5.74) is 1.87. The zero-order chi connectivity index (χ0) is 19.8. The van der Waals surface area contributed by atoms with Crippen molar-refractivity contribution in [1.82, 2.24) is 9.78 Å². The number of benzene rings is 2. The van der Waals surface area contributed by atoms with Gasteiger partial charge in [-0.15, -0.1) is 0 Å². The molecule has 1 atom stereocenters. The van der Waals surface area contributed by atoms with Gasteiger partial charge in [0.25, 0.3) is 0 Å². The van der Waals surface area contributed by atoms with Crippen LogP contribution in [0.4, 0.5) is 20.3 Å². The normalized spacial score (nSPS) is 15.7.